The monoisotopic (exact) mass is 279 g/mol. The Morgan fingerprint density at radius 1 is 1.10 bits per heavy atom. The van der Waals surface area contributed by atoms with Gasteiger partial charge in [0.05, 0.1) is 12.7 Å². The molecule has 1 rings (SSSR count). The van der Waals surface area contributed by atoms with Crippen LogP contribution in [0.3, 0.4) is 0 Å². The molecule has 0 aliphatic heterocycles. The smallest absolute Gasteiger partial charge is 0.0897 e. The Morgan fingerprint density at radius 3 is 2.45 bits per heavy atom. The molecule has 2 unspecified atom stereocenters. The number of nitrogens with one attached hydrogen (secondary N) is 1. The average Bonchev–Trinajstić information content (AvgIpc) is 2.43. The fourth-order valence-electron chi connectivity index (χ4n) is 1.97. The largest absolute Gasteiger partial charge is 0.389 e. The number of ether oxygens (including phenoxy) is 1. The Hall–Kier alpha value is -0.900. The fraction of sp³-hybridized carbons (Fsp3) is 0.647. The van der Waals surface area contributed by atoms with Gasteiger partial charge in [-0.1, -0.05) is 44.2 Å². The first kappa shape index (κ1) is 17.2. The highest BCUT2D eigenvalue weighted by atomic mass is 16.5. The zero-order valence-corrected chi connectivity index (χ0v) is 13.0. The molecule has 0 fully saturated rings. The third kappa shape index (κ3) is 8.31. The Balaban J connectivity index is 2.08. The summed E-state index contributed by atoms with van der Waals surface area (Å²) in [6.07, 6.45) is 1.71. The van der Waals surface area contributed by atoms with Gasteiger partial charge in [-0.25, -0.2) is 0 Å². The maximum atomic E-state index is 9.81. The first-order valence-corrected chi connectivity index (χ1v) is 7.61. The summed E-state index contributed by atoms with van der Waals surface area (Å²) in [6, 6.07) is 10.9. The molecular weight excluding hydrogens is 250 g/mol. The second-order valence-electron chi connectivity index (χ2n) is 5.92. The number of benzene rings is 1. The Bertz CT molecular complexity index is 340. The number of rotatable bonds is 10. The summed E-state index contributed by atoms with van der Waals surface area (Å²) < 4.78 is 5.43. The third-order valence-electron chi connectivity index (χ3n) is 3.17. The highest BCUT2D eigenvalue weighted by molar-refractivity contribution is 5.14. The van der Waals surface area contributed by atoms with Gasteiger partial charge in [-0.05, 0) is 31.2 Å². The fourth-order valence-corrected chi connectivity index (χ4v) is 1.97. The van der Waals surface area contributed by atoms with Gasteiger partial charge in [0.15, 0.2) is 0 Å². The summed E-state index contributed by atoms with van der Waals surface area (Å²) in [6.45, 7) is 8.09. The minimum Gasteiger partial charge on any atom is -0.389 e. The predicted molar refractivity (Wildman–Crippen MR) is 83.9 cm³/mol. The van der Waals surface area contributed by atoms with Gasteiger partial charge in [-0.2, -0.15) is 0 Å². The molecule has 0 amide bonds. The van der Waals surface area contributed by atoms with Gasteiger partial charge in [0.2, 0.25) is 0 Å². The van der Waals surface area contributed by atoms with E-state index < -0.39 is 6.10 Å². The van der Waals surface area contributed by atoms with E-state index in [-0.39, 0.29) is 0 Å². The van der Waals surface area contributed by atoms with E-state index in [0.717, 1.165) is 12.8 Å². The lowest BCUT2D eigenvalue weighted by molar-refractivity contribution is 0.0251. The van der Waals surface area contributed by atoms with Crippen molar-refractivity contribution in [2.45, 2.75) is 45.8 Å². The van der Waals surface area contributed by atoms with Gasteiger partial charge < -0.3 is 15.2 Å². The summed E-state index contributed by atoms with van der Waals surface area (Å²) in [5.41, 5.74) is 1.36. The van der Waals surface area contributed by atoms with Gasteiger partial charge in [0.1, 0.15) is 0 Å². The van der Waals surface area contributed by atoms with Crippen molar-refractivity contribution in [3.63, 3.8) is 0 Å². The summed E-state index contributed by atoms with van der Waals surface area (Å²) in [4.78, 5) is 0. The number of hydrogen-bond donors (Lipinski definition) is 2. The Kier molecular flexibility index (Phi) is 8.51. The molecule has 0 heterocycles. The molecule has 2 N–H and O–H groups in total. The van der Waals surface area contributed by atoms with Crippen molar-refractivity contribution in [3.8, 4) is 0 Å². The van der Waals surface area contributed by atoms with Crippen molar-refractivity contribution < 1.29 is 9.84 Å². The molecule has 0 bridgehead atoms. The van der Waals surface area contributed by atoms with Gasteiger partial charge in [0.25, 0.3) is 0 Å². The van der Waals surface area contributed by atoms with E-state index in [1.54, 1.807) is 0 Å². The van der Waals surface area contributed by atoms with Crippen molar-refractivity contribution >= 4 is 0 Å². The molecule has 0 saturated carbocycles. The van der Waals surface area contributed by atoms with Crippen LogP contribution in [0.1, 0.15) is 32.8 Å². The lowest BCUT2D eigenvalue weighted by Gasteiger charge is -2.17. The normalized spacial score (nSPS) is 14.4. The van der Waals surface area contributed by atoms with Crippen molar-refractivity contribution in [1.82, 2.24) is 5.32 Å². The summed E-state index contributed by atoms with van der Waals surface area (Å²) in [5, 5.41) is 13.2. The zero-order valence-electron chi connectivity index (χ0n) is 13.0. The molecule has 1 aromatic rings. The minimum atomic E-state index is -0.423. The van der Waals surface area contributed by atoms with Crippen LogP contribution in [0.15, 0.2) is 30.3 Å². The summed E-state index contributed by atoms with van der Waals surface area (Å²) in [7, 11) is 0. The highest BCUT2D eigenvalue weighted by Crippen LogP contribution is 2.04. The highest BCUT2D eigenvalue weighted by Gasteiger charge is 2.08. The van der Waals surface area contributed by atoms with Gasteiger partial charge in [-0.3, -0.25) is 0 Å². The topological polar surface area (TPSA) is 41.5 Å². The molecule has 1 aromatic carbocycles. The van der Waals surface area contributed by atoms with E-state index >= 15 is 0 Å². The van der Waals surface area contributed by atoms with Crippen LogP contribution in [0.5, 0.6) is 0 Å². The maximum absolute atomic E-state index is 9.81. The van der Waals surface area contributed by atoms with Crippen LogP contribution < -0.4 is 5.32 Å². The first-order valence-electron chi connectivity index (χ1n) is 7.61. The van der Waals surface area contributed by atoms with Crippen molar-refractivity contribution in [2.24, 2.45) is 5.92 Å². The van der Waals surface area contributed by atoms with E-state index in [9.17, 15) is 5.11 Å². The number of hydrogen-bond acceptors (Lipinski definition) is 3. The molecular formula is C17H29NO2. The van der Waals surface area contributed by atoms with E-state index in [0.29, 0.717) is 31.7 Å². The van der Waals surface area contributed by atoms with E-state index in [1.165, 1.54) is 5.56 Å². The summed E-state index contributed by atoms with van der Waals surface area (Å²) >= 11 is 0. The van der Waals surface area contributed by atoms with Crippen LogP contribution in [0, 0.1) is 5.92 Å². The van der Waals surface area contributed by atoms with Crippen molar-refractivity contribution in [1.29, 1.82) is 0 Å². The maximum Gasteiger partial charge on any atom is 0.0897 e. The van der Waals surface area contributed by atoms with Crippen LogP contribution in [0.2, 0.25) is 0 Å². The number of aliphatic hydroxyl groups is 1. The molecule has 0 aromatic heterocycles. The lowest BCUT2D eigenvalue weighted by atomic mass is 10.1. The SMILES string of the molecule is CC(C)COCC(O)CNC(C)CCc1ccccc1. The molecule has 0 saturated heterocycles. The van der Waals surface area contributed by atoms with E-state index in [4.69, 9.17) is 4.74 Å². The second kappa shape index (κ2) is 9.92. The van der Waals surface area contributed by atoms with E-state index in [1.807, 2.05) is 6.07 Å². The quantitative estimate of drug-likeness (QED) is 0.692. The van der Waals surface area contributed by atoms with Crippen LogP contribution >= 0.6 is 0 Å². The molecule has 0 spiro atoms. The number of aryl methyl sites for hydroxylation is 1. The van der Waals surface area contributed by atoms with Crippen LogP contribution in [-0.4, -0.2) is 37.0 Å². The molecule has 114 valence electrons. The van der Waals surface area contributed by atoms with Crippen LogP contribution in [0.25, 0.3) is 0 Å². The third-order valence-corrected chi connectivity index (χ3v) is 3.17. The molecule has 0 radical (unpaired) electrons. The predicted octanol–water partition coefficient (Wildman–Crippen LogP) is 2.63. The van der Waals surface area contributed by atoms with Gasteiger partial charge >= 0.3 is 0 Å². The molecule has 2 atom stereocenters. The minimum absolute atomic E-state index is 0.398. The summed E-state index contributed by atoms with van der Waals surface area (Å²) in [5.74, 6) is 0.514. The Labute approximate surface area is 123 Å². The molecule has 0 aliphatic rings. The average molecular weight is 279 g/mol. The zero-order chi connectivity index (χ0) is 14.8. The Morgan fingerprint density at radius 2 is 1.80 bits per heavy atom. The van der Waals surface area contributed by atoms with Crippen LogP contribution in [-0.2, 0) is 11.2 Å². The second-order valence-corrected chi connectivity index (χ2v) is 5.92. The molecule has 3 heteroatoms. The standard InChI is InChI=1S/C17H29NO2/c1-14(2)12-20-13-17(19)11-18-15(3)9-10-16-7-5-4-6-8-16/h4-8,14-15,17-19H,9-13H2,1-3H3. The molecule has 20 heavy (non-hydrogen) atoms. The molecule has 3 nitrogen and oxygen atoms in total. The van der Waals surface area contributed by atoms with Gasteiger partial charge in [0, 0.05) is 19.2 Å². The van der Waals surface area contributed by atoms with E-state index in [2.05, 4.69) is 50.4 Å². The molecule has 0 aliphatic carbocycles. The number of aliphatic hydroxyl groups excluding tert-OH is 1. The first-order chi connectivity index (χ1) is 9.58. The van der Waals surface area contributed by atoms with Crippen molar-refractivity contribution in [3.05, 3.63) is 35.9 Å². The van der Waals surface area contributed by atoms with Crippen molar-refractivity contribution in [2.75, 3.05) is 19.8 Å². The lowest BCUT2D eigenvalue weighted by Crippen LogP contribution is -2.36. The van der Waals surface area contributed by atoms with Gasteiger partial charge in [-0.15, -0.1) is 0 Å². The van der Waals surface area contributed by atoms with Crippen LogP contribution in [0.4, 0.5) is 0 Å².